The van der Waals surface area contributed by atoms with Gasteiger partial charge in [-0.2, -0.15) is 0 Å². The summed E-state index contributed by atoms with van der Waals surface area (Å²) in [4.78, 5) is 23.8. The highest BCUT2D eigenvalue weighted by molar-refractivity contribution is 7.17. The van der Waals surface area contributed by atoms with Crippen LogP contribution in [0.15, 0.2) is 18.2 Å². The molecule has 2 rings (SSSR count). The van der Waals surface area contributed by atoms with Crippen LogP contribution in [0.4, 0.5) is 0 Å². The molecule has 1 heterocycles. The normalized spacial score (nSPS) is 17.4. The van der Waals surface area contributed by atoms with Crippen LogP contribution in [-0.4, -0.2) is 22.5 Å². The van der Waals surface area contributed by atoms with Crippen molar-refractivity contribution < 1.29 is 14.7 Å². The summed E-state index contributed by atoms with van der Waals surface area (Å²) in [7, 11) is 0. The lowest BCUT2D eigenvalue weighted by Crippen LogP contribution is -2.47. The molecule has 1 aliphatic rings. The van der Waals surface area contributed by atoms with Gasteiger partial charge < -0.3 is 10.4 Å². The van der Waals surface area contributed by atoms with Crippen LogP contribution in [0.3, 0.4) is 0 Å². The first-order valence-corrected chi connectivity index (χ1v) is 7.66. The first-order chi connectivity index (χ1) is 9.49. The summed E-state index contributed by atoms with van der Waals surface area (Å²) in [6.07, 6.45) is 6.47. The molecule has 0 unspecified atom stereocenters. The average molecular weight is 314 g/mol. The molecule has 0 aromatic carbocycles. The minimum absolute atomic E-state index is 0.0165. The van der Waals surface area contributed by atoms with E-state index in [1.807, 2.05) is 6.07 Å². The topological polar surface area (TPSA) is 66.4 Å². The molecule has 6 heteroatoms. The smallest absolute Gasteiger partial charge is 0.305 e. The zero-order chi connectivity index (χ0) is 14.6. The van der Waals surface area contributed by atoms with Gasteiger partial charge >= 0.3 is 5.97 Å². The molecule has 0 bridgehead atoms. The summed E-state index contributed by atoms with van der Waals surface area (Å²) < 4.78 is 0.670. The van der Waals surface area contributed by atoms with Crippen molar-refractivity contribution in [3.8, 4) is 0 Å². The molecule has 0 radical (unpaired) electrons. The van der Waals surface area contributed by atoms with Crippen LogP contribution in [0.5, 0.6) is 0 Å². The number of rotatable bonds is 5. The van der Waals surface area contributed by atoms with E-state index in [2.05, 4.69) is 5.32 Å². The lowest BCUT2D eigenvalue weighted by Gasteiger charge is -2.27. The number of hydrogen-bond donors (Lipinski definition) is 2. The maximum absolute atomic E-state index is 11.9. The maximum atomic E-state index is 11.9. The van der Waals surface area contributed by atoms with E-state index in [4.69, 9.17) is 16.7 Å². The standard InChI is InChI=1S/C14H16ClNO3S/c15-11-5-3-10(20-11)4-6-12(17)16-14(9-13(18)19)7-1-2-8-14/h3-6H,1-2,7-9H2,(H,16,17)(H,18,19). The highest BCUT2D eigenvalue weighted by Gasteiger charge is 2.36. The van der Waals surface area contributed by atoms with Crippen LogP contribution < -0.4 is 5.32 Å². The van der Waals surface area contributed by atoms with Crippen molar-refractivity contribution in [3.63, 3.8) is 0 Å². The number of amides is 1. The van der Waals surface area contributed by atoms with Gasteiger partial charge in [0.2, 0.25) is 5.91 Å². The van der Waals surface area contributed by atoms with Gasteiger partial charge in [-0.1, -0.05) is 24.4 Å². The Bertz CT molecular complexity index is 532. The third-order valence-corrected chi connectivity index (χ3v) is 4.63. The molecule has 0 aliphatic heterocycles. The highest BCUT2D eigenvalue weighted by Crippen LogP contribution is 2.32. The molecule has 2 N–H and O–H groups in total. The molecule has 1 aromatic heterocycles. The third kappa shape index (κ3) is 4.08. The SMILES string of the molecule is O=C(O)CC1(NC(=O)C=Cc2ccc(Cl)s2)CCCC1. The number of hydrogen-bond acceptors (Lipinski definition) is 3. The lowest BCUT2D eigenvalue weighted by atomic mass is 9.93. The van der Waals surface area contributed by atoms with E-state index >= 15 is 0 Å². The van der Waals surface area contributed by atoms with E-state index in [-0.39, 0.29) is 12.3 Å². The Morgan fingerprint density at radius 1 is 1.40 bits per heavy atom. The molecule has 1 saturated carbocycles. The Hall–Kier alpha value is -1.33. The Labute approximate surface area is 126 Å². The molecule has 1 aromatic rings. The fourth-order valence-electron chi connectivity index (χ4n) is 2.57. The van der Waals surface area contributed by atoms with Crippen LogP contribution in [0.2, 0.25) is 4.34 Å². The average Bonchev–Trinajstić information content (AvgIpc) is 2.95. The molecule has 1 aliphatic carbocycles. The molecule has 0 atom stereocenters. The quantitative estimate of drug-likeness (QED) is 0.819. The minimum atomic E-state index is -0.874. The van der Waals surface area contributed by atoms with Crippen molar-refractivity contribution in [1.82, 2.24) is 5.32 Å². The van der Waals surface area contributed by atoms with Crippen molar-refractivity contribution in [2.75, 3.05) is 0 Å². The number of carbonyl (C=O) groups is 2. The second-order valence-corrected chi connectivity index (χ2v) is 6.77. The van der Waals surface area contributed by atoms with Crippen LogP contribution in [0, 0.1) is 0 Å². The molecular weight excluding hydrogens is 298 g/mol. The number of halogens is 1. The van der Waals surface area contributed by atoms with Crippen molar-refractivity contribution in [2.45, 2.75) is 37.6 Å². The molecule has 108 valence electrons. The third-order valence-electron chi connectivity index (χ3n) is 3.43. The van der Waals surface area contributed by atoms with Gasteiger partial charge in [-0.15, -0.1) is 11.3 Å². The fraction of sp³-hybridized carbons (Fsp3) is 0.429. The molecule has 1 fully saturated rings. The van der Waals surface area contributed by atoms with Crippen LogP contribution >= 0.6 is 22.9 Å². The molecule has 0 saturated heterocycles. The van der Waals surface area contributed by atoms with Gasteiger partial charge in [0.15, 0.2) is 0 Å². The van der Waals surface area contributed by atoms with E-state index < -0.39 is 11.5 Å². The summed E-state index contributed by atoms with van der Waals surface area (Å²) in [6, 6.07) is 3.60. The fourth-order valence-corrected chi connectivity index (χ4v) is 3.53. The molecular formula is C14H16ClNO3S. The van der Waals surface area contributed by atoms with E-state index in [0.29, 0.717) is 4.34 Å². The van der Waals surface area contributed by atoms with E-state index in [1.54, 1.807) is 12.1 Å². The Morgan fingerprint density at radius 3 is 2.65 bits per heavy atom. The number of carboxylic acids is 1. The molecule has 20 heavy (non-hydrogen) atoms. The van der Waals surface area contributed by atoms with Gasteiger partial charge in [0.05, 0.1) is 16.3 Å². The monoisotopic (exact) mass is 313 g/mol. The maximum Gasteiger partial charge on any atom is 0.305 e. The zero-order valence-corrected chi connectivity index (χ0v) is 12.5. The summed E-state index contributed by atoms with van der Waals surface area (Å²) in [5.41, 5.74) is -0.583. The molecule has 1 amide bonds. The first kappa shape index (κ1) is 15.1. The number of aliphatic carboxylic acids is 1. The summed E-state index contributed by atoms with van der Waals surface area (Å²) in [5.74, 6) is -1.13. The number of carboxylic acid groups (broad SMARTS) is 1. The first-order valence-electron chi connectivity index (χ1n) is 6.46. The van der Waals surface area contributed by atoms with Gasteiger partial charge in [0, 0.05) is 11.0 Å². The van der Waals surface area contributed by atoms with E-state index in [0.717, 1.165) is 30.6 Å². The van der Waals surface area contributed by atoms with Crippen molar-refractivity contribution in [3.05, 3.63) is 27.4 Å². The van der Waals surface area contributed by atoms with Crippen molar-refractivity contribution >= 4 is 40.9 Å². The Balaban J connectivity index is 1.98. The zero-order valence-electron chi connectivity index (χ0n) is 10.9. The van der Waals surface area contributed by atoms with Crippen LogP contribution in [-0.2, 0) is 9.59 Å². The van der Waals surface area contributed by atoms with Gasteiger partial charge in [-0.3, -0.25) is 9.59 Å². The highest BCUT2D eigenvalue weighted by atomic mass is 35.5. The van der Waals surface area contributed by atoms with Crippen molar-refractivity contribution in [2.24, 2.45) is 0 Å². The van der Waals surface area contributed by atoms with Crippen LogP contribution in [0.1, 0.15) is 37.0 Å². The predicted octanol–water partition coefficient (Wildman–Crippen LogP) is 3.32. The summed E-state index contributed by atoms with van der Waals surface area (Å²) in [5, 5.41) is 11.8. The largest absolute Gasteiger partial charge is 0.481 e. The predicted molar refractivity (Wildman–Crippen MR) is 80.0 cm³/mol. The van der Waals surface area contributed by atoms with E-state index in [9.17, 15) is 9.59 Å². The lowest BCUT2D eigenvalue weighted by molar-refractivity contribution is -0.139. The molecule has 4 nitrogen and oxygen atoms in total. The Kier molecular flexibility index (Phi) is 4.83. The van der Waals surface area contributed by atoms with Crippen molar-refractivity contribution in [1.29, 1.82) is 0 Å². The summed E-state index contributed by atoms with van der Waals surface area (Å²) >= 11 is 7.20. The Morgan fingerprint density at radius 2 is 2.10 bits per heavy atom. The number of thiophene rings is 1. The van der Waals surface area contributed by atoms with Gasteiger partial charge in [-0.25, -0.2) is 0 Å². The second kappa shape index (κ2) is 6.41. The summed E-state index contributed by atoms with van der Waals surface area (Å²) in [6.45, 7) is 0. The van der Waals surface area contributed by atoms with Gasteiger partial charge in [0.25, 0.3) is 0 Å². The van der Waals surface area contributed by atoms with E-state index in [1.165, 1.54) is 17.4 Å². The van der Waals surface area contributed by atoms with Gasteiger partial charge in [0.1, 0.15) is 0 Å². The minimum Gasteiger partial charge on any atom is -0.481 e. The number of nitrogens with one attached hydrogen (secondary N) is 1. The van der Waals surface area contributed by atoms with Gasteiger partial charge in [-0.05, 0) is 31.1 Å². The van der Waals surface area contributed by atoms with Crippen LogP contribution in [0.25, 0.3) is 6.08 Å². The number of carbonyl (C=O) groups excluding carboxylic acids is 1. The molecule has 0 spiro atoms. The second-order valence-electron chi connectivity index (χ2n) is 5.02.